The molecular weight excluding hydrogens is 526 g/mol. The molecule has 0 saturated heterocycles. The first kappa shape index (κ1) is 23.6. The monoisotopic (exact) mass is 543 g/mol. The van der Waals surface area contributed by atoms with Gasteiger partial charge in [0.25, 0.3) is 5.56 Å². The quantitative estimate of drug-likeness (QED) is 0.392. The number of fused-ring (bicyclic) bond motifs is 1. The molecule has 0 aliphatic heterocycles. The normalized spacial score (nSPS) is 10.8. The lowest BCUT2D eigenvalue weighted by atomic mass is 10.2. The first-order valence-electron chi connectivity index (χ1n) is 10.1. The number of ether oxygens (including phenoxy) is 2. The van der Waals surface area contributed by atoms with Gasteiger partial charge in [-0.25, -0.2) is 9.36 Å². The Morgan fingerprint density at radius 1 is 0.971 bits per heavy atom. The molecule has 34 heavy (non-hydrogen) atoms. The van der Waals surface area contributed by atoms with E-state index >= 15 is 0 Å². The van der Waals surface area contributed by atoms with Gasteiger partial charge in [0.2, 0.25) is 5.91 Å². The molecule has 3 aromatic carbocycles. The van der Waals surface area contributed by atoms with Gasteiger partial charge in [0.1, 0.15) is 6.54 Å². The summed E-state index contributed by atoms with van der Waals surface area (Å²) in [5.74, 6) is 0.507. The highest BCUT2D eigenvalue weighted by molar-refractivity contribution is 9.10. The SMILES string of the molecule is COc1ccc(NC(=O)Cn2c(=O)n(-c3ccc(Cl)cc3)c(=O)c3cc(Br)ccc32)cc1OC. The van der Waals surface area contributed by atoms with Crippen molar-refractivity contribution in [3.63, 3.8) is 0 Å². The van der Waals surface area contributed by atoms with E-state index in [1.54, 1.807) is 60.7 Å². The summed E-state index contributed by atoms with van der Waals surface area (Å²) in [5.41, 5.74) is -0.000232. The number of carbonyl (C=O) groups excluding carboxylic acids is 1. The Labute approximate surface area is 207 Å². The molecule has 0 atom stereocenters. The molecule has 0 aliphatic rings. The molecule has 4 rings (SSSR count). The summed E-state index contributed by atoms with van der Waals surface area (Å²) in [5, 5.41) is 3.50. The number of aromatic nitrogens is 2. The molecule has 0 spiro atoms. The third-order valence-corrected chi connectivity index (χ3v) is 5.90. The van der Waals surface area contributed by atoms with E-state index in [0.29, 0.717) is 37.9 Å². The van der Waals surface area contributed by atoms with Gasteiger partial charge in [-0.1, -0.05) is 27.5 Å². The highest BCUT2D eigenvalue weighted by Crippen LogP contribution is 2.29. The molecule has 4 aromatic rings. The van der Waals surface area contributed by atoms with Crippen molar-refractivity contribution >= 4 is 50.0 Å². The summed E-state index contributed by atoms with van der Waals surface area (Å²) in [6, 6.07) is 16.2. The number of hydrogen-bond acceptors (Lipinski definition) is 5. The van der Waals surface area contributed by atoms with Gasteiger partial charge in [-0.05, 0) is 54.6 Å². The number of benzene rings is 3. The maximum atomic E-state index is 13.4. The fourth-order valence-corrected chi connectivity index (χ4v) is 4.06. The summed E-state index contributed by atoms with van der Waals surface area (Å²) in [6.07, 6.45) is 0. The van der Waals surface area contributed by atoms with E-state index in [4.69, 9.17) is 21.1 Å². The second-order valence-corrected chi connectivity index (χ2v) is 8.62. The van der Waals surface area contributed by atoms with Gasteiger partial charge in [0, 0.05) is 21.2 Å². The zero-order valence-corrected chi connectivity index (χ0v) is 20.5. The van der Waals surface area contributed by atoms with E-state index in [-0.39, 0.29) is 11.9 Å². The fraction of sp³-hybridized carbons (Fsp3) is 0.125. The number of hydrogen-bond donors (Lipinski definition) is 1. The Kier molecular flexibility index (Phi) is 6.76. The predicted octanol–water partition coefficient (Wildman–Crippen LogP) is 4.22. The van der Waals surface area contributed by atoms with Crippen molar-refractivity contribution in [1.82, 2.24) is 9.13 Å². The Morgan fingerprint density at radius 2 is 1.68 bits per heavy atom. The average molecular weight is 545 g/mol. The summed E-state index contributed by atoms with van der Waals surface area (Å²) in [7, 11) is 3.01. The number of carbonyl (C=O) groups is 1. The Balaban J connectivity index is 1.79. The van der Waals surface area contributed by atoms with Crippen LogP contribution in [0.15, 0.2) is 74.7 Å². The largest absolute Gasteiger partial charge is 0.493 e. The van der Waals surface area contributed by atoms with Crippen molar-refractivity contribution in [2.24, 2.45) is 0 Å². The van der Waals surface area contributed by atoms with E-state index in [2.05, 4.69) is 21.2 Å². The van der Waals surface area contributed by atoms with Crippen LogP contribution in [0.5, 0.6) is 11.5 Å². The topological polar surface area (TPSA) is 91.6 Å². The predicted molar refractivity (Wildman–Crippen MR) is 135 cm³/mol. The maximum absolute atomic E-state index is 13.4. The number of halogens is 2. The zero-order valence-electron chi connectivity index (χ0n) is 18.2. The van der Waals surface area contributed by atoms with Crippen LogP contribution in [0.25, 0.3) is 16.6 Å². The van der Waals surface area contributed by atoms with Crippen molar-refractivity contribution in [2.45, 2.75) is 6.54 Å². The highest BCUT2D eigenvalue weighted by Gasteiger charge is 2.17. The Hall–Kier alpha value is -3.56. The highest BCUT2D eigenvalue weighted by atomic mass is 79.9. The second kappa shape index (κ2) is 9.74. The molecule has 1 amide bonds. The Morgan fingerprint density at radius 3 is 2.35 bits per heavy atom. The minimum atomic E-state index is -0.649. The molecule has 0 fully saturated rings. The van der Waals surface area contributed by atoms with Gasteiger partial charge in [-0.15, -0.1) is 0 Å². The van der Waals surface area contributed by atoms with Gasteiger partial charge < -0.3 is 14.8 Å². The van der Waals surface area contributed by atoms with Crippen LogP contribution in [-0.4, -0.2) is 29.3 Å². The summed E-state index contributed by atoms with van der Waals surface area (Å²) >= 11 is 9.33. The van der Waals surface area contributed by atoms with Crippen LogP contribution in [0.1, 0.15) is 0 Å². The molecular formula is C24H19BrClN3O5. The van der Waals surface area contributed by atoms with E-state index in [1.165, 1.54) is 18.8 Å². The van der Waals surface area contributed by atoms with Gasteiger partial charge in [0.15, 0.2) is 11.5 Å². The first-order chi connectivity index (χ1) is 16.3. The van der Waals surface area contributed by atoms with Crippen LogP contribution in [0.3, 0.4) is 0 Å². The minimum absolute atomic E-state index is 0.280. The molecule has 0 aliphatic carbocycles. The zero-order chi connectivity index (χ0) is 24.4. The lowest BCUT2D eigenvalue weighted by Crippen LogP contribution is -2.40. The van der Waals surface area contributed by atoms with E-state index < -0.39 is 17.2 Å². The average Bonchev–Trinajstić information content (AvgIpc) is 2.83. The molecule has 10 heteroatoms. The van der Waals surface area contributed by atoms with E-state index in [0.717, 1.165) is 4.57 Å². The second-order valence-electron chi connectivity index (χ2n) is 7.27. The molecule has 1 aromatic heterocycles. The van der Waals surface area contributed by atoms with E-state index in [1.807, 2.05) is 0 Å². The lowest BCUT2D eigenvalue weighted by molar-refractivity contribution is -0.116. The number of amides is 1. The number of methoxy groups -OCH3 is 2. The van der Waals surface area contributed by atoms with Crippen LogP contribution in [0, 0.1) is 0 Å². The van der Waals surface area contributed by atoms with Crippen molar-refractivity contribution in [3.05, 3.63) is 91.0 Å². The number of nitrogens with one attached hydrogen (secondary N) is 1. The summed E-state index contributed by atoms with van der Waals surface area (Å²) < 4.78 is 13.4. The van der Waals surface area contributed by atoms with Crippen LogP contribution < -0.4 is 26.0 Å². The third kappa shape index (κ3) is 4.57. The lowest BCUT2D eigenvalue weighted by Gasteiger charge is -2.15. The molecule has 8 nitrogen and oxygen atoms in total. The van der Waals surface area contributed by atoms with Crippen molar-refractivity contribution in [2.75, 3.05) is 19.5 Å². The number of anilines is 1. The standard InChI is InChI=1S/C24H19BrClN3O5/c1-33-20-10-6-16(12-21(20)34-2)27-22(30)13-28-19-9-3-14(25)11-18(19)23(31)29(24(28)32)17-7-4-15(26)5-8-17/h3-12H,13H2,1-2H3,(H,27,30). The minimum Gasteiger partial charge on any atom is -0.493 e. The molecule has 0 bridgehead atoms. The van der Waals surface area contributed by atoms with Crippen LogP contribution in [-0.2, 0) is 11.3 Å². The molecule has 0 unspecified atom stereocenters. The van der Waals surface area contributed by atoms with Gasteiger partial charge in [0.05, 0.1) is 30.8 Å². The van der Waals surface area contributed by atoms with Crippen LogP contribution >= 0.6 is 27.5 Å². The molecule has 174 valence electrons. The van der Waals surface area contributed by atoms with Crippen molar-refractivity contribution in [3.8, 4) is 17.2 Å². The molecule has 0 radical (unpaired) electrons. The number of rotatable bonds is 6. The summed E-state index contributed by atoms with van der Waals surface area (Å²) in [4.78, 5) is 39.5. The Bertz CT molecular complexity index is 1510. The van der Waals surface area contributed by atoms with E-state index in [9.17, 15) is 14.4 Å². The number of nitrogens with zero attached hydrogens (tertiary/aromatic N) is 2. The molecule has 1 N–H and O–H groups in total. The first-order valence-corrected chi connectivity index (χ1v) is 11.2. The smallest absolute Gasteiger partial charge is 0.336 e. The van der Waals surface area contributed by atoms with Crippen molar-refractivity contribution < 1.29 is 14.3 Å². The third-order valence-electron chi connectivity index (χ3n) is 5.16. The van der Waals surface area contributed by atoms with Crippen molar-refractivity contribution in [1.29, 1.82) is 0 Å². The van der Waals surface area contributed by atoms with Gasteiger partial charge in [-0.3, -0.25) is 14.2 Å². The maximum Gasteiger partial charge on any atom is 0.336 e. The molecule has 0 saturated carbocycles. The van der Waals surface area contributed by atoms with Crippen LogP contribution in [0.2, 0.25) is 5.02 Å². The fourth-order valence-electron chi connectivity index (χ4n) is 3.57. The van der Waals surface area contributed by atoms with Gasteiger partial charge in [-0.2, -0.15) is 0 Å². The molecule has 1 heterocycles. The summed E-state index contributed by atoms with van der Waals surface area (Å²) in [6.45, 7) is -0.320. The van der Waals surface area contributed by atoms with Crippen LogP contribution in [0.4, 0.5) is 5.69 Å². The van der Waals surface area contributed by atoms with Gasteiger partial charge >= 0.3 is 5.69 Å².